The summed E-state index contributed by atoms with van der Waals surface area (Å²) in [7, 11) is 1.62. The Bertz CT molecular complexity index is 1040. The van der Waals surface area contributed by atoms with Crippen LogP contribution in [-0.2, 0) is 17.9 Å². The van der Waals surface area contributed by atoms with Crippen LogP contribution in [0.4, 0.5) is 0 Å². The molecule has 5 nitrogen and oxygen atoms in total. The lowest BCUT2D eigenvalue weighted by Gasteiger charge is -2.24. The van der Waals surface area contributed by atoms with Crippen LogP contribution in [0.15, 0.2) is 53.3 Å². The van der Waals surface area contributed by atoms with Crippen LogP contribution in [0.5, 0.6) is 5.75 Å². The van der Waals surface area contributed by atoms with Crippen molar-refractivity contribution in [2.24, 2.45) is 0 Å². The third-order valence-electron chi connectivity index (χ3n) is 4.90. The second kappa shape index (κ2) is 8.74. The molecule has 0 saturated carbocycles. The van der Waals surface area contributed by atoms with Gasteiger partial charge in [0.2, 0.25) is 5.91 Å². The van der Waals surface area contributed by atoms with Crippen LogP contribution < -0.4 is 10.3 Å². The quantitative estimate of drug-likeness (QED) is 0.671. The van der Waals surface area contributed by atoms with Gasteiger partial charge in [-0.3, -0.25) is 9.59 Å². The fourth-order valence-corrected chi connectivity index (χ4v) is 3.40. The molecule has 5 heteroatoms. The molecule has 2 aromatic carbocycles. The molecule has 1 heterocycles. The van der Waals surface area contributed by atoms with E-state index in [0.29, 0.717) is 18.5 Å². The molecular weight excluding hydrogens is 352 g/mol. The zero-order valence-corrected chi connectivity index (χ0v) is 16.6. The van der Waals surface area contributed by atoms with E-state index in [1.807, 2.05) is 62.4 Å². The second-order valence-electron chi connectivity index (χ2n) is 6.97. The maximum absolute atomic E-state index is 12.8. The van der Waals surface area contributed by atoms with Crippen LogP contribution in [0.3, 0.4) is 0 Å². The fourth-order valence-electron chi connectivity index (χ4n) is 3.40. The summed E-state index contributed by atoms with van der Waals surface area (Å²) in [5.74, 6) is 0.761. The van der Waals surface area contributed by atoms with Crippen molar-refractivity contribution in [3.8, 4) is 5.75 Å². The Morgan fingerprint density at radius 1 is 1.07 bits per heavy atom. The van der Waals surface area contributed by atoms with Crippen molar-refractivity contribution >= 4 is 16.8 Å². The smallest absolute Gasteiger partial charge is 0.253 e. The molecule has 0 unspecified atom stereocenters. The predicted octanol–water partition coefficient (Wildman–Crippen LogP) is 4.17. The molecule has 0 aliphatic rings. The summed E-state index contributed by atoms with van der Waals surface area (Å²) in [6.45, 7) is 4.60. The summed E-state index contributed by atoms with van der Waals surface area (Å²) in [5.41, 5.74) is 3.21. The number of carbonyl (C=O) groups excluding carboxylic acids is 1. The number of H-pyrrole nitrogens is 1. The van der Waals surface area contributed by atoms with E-state index < -0.39 is 0 Å². The summed E-state index contributed by atoms with van der Waals surface area (Å²) < 4.78 is 5.42. The zero-order chi connectivity index (χ0) is 20.1. The molecule has 0 radical (unpaired) electrons. The lowest BCUT2D eigenvalue weighted by atomic mass is 10.1. The lowest BCUT2D eigenvalue weighted by molar-refractivity contribution is -0.132. The highest BCUT2D eigenvalue weighted by Gasteiger charge is 2.18. The molecule has 146 valence electrons. The van der Waals surface area contributed by atoms with Gasteiger partial charge < -0.3 is 14.6 Å². The Balaban J connectivity index is 1.95. The number of para-hydroxylation sites is 2. The number of nitrogens with zero attached hydrogens (tertiary/aromatic N) is 1. The average molecular weight is 378 g/mol. The minimum atomic E-state index is -0.156. The summed E-state index contributed by atoms with van der Waals surface area (Å²) >= 11 is 0. The van der Waals surface area contributed by atoms with E-state index in [2.05, 4.69) is 4.98 Å². The molecule has 1 aromatic heterocycles. The molecule has 0 spiro atoms. The first kappa shape index (κ1) is 19.7. The van der Waals surface area contributed by atoms with Gasteiger partial charge in [-0.25, -0.2) is 0 Å². The van der Waals surface area contributed by atoms with Gasteiger partial charge in [-0.1, -0.05) is 43.3 Å². The Morgan fingerprint density at radius 2 is 1.82 bits per heavy atom. The van der Waals surface area contributed by atoms with Gasteiger partial charge in [-0.05, 0) is 36.4 Å². The number of benzene rings is 2. The number of pyridine rings is 1. The van der Waals surface area contributed by atoms with Crippen LogP contribution in [0.2, 0.25) is 0 Å². The number of aromatic nitrogens is 1. The van der Waals surface area contributed by atoms with E-state index in [-0.39, 0.29) is 18.0 Å². The highest BCUT2D eigenvalue weighted by atomic mass is 16.5. The number of rotatable bonds is 7. The monoisotopic (exact) mass is 378 g/mol. The zero-order valence-electron chi connectivity index (χ0n) is 16.6. The second-order valence-corrected chi connectivity index (χ2v) is 6.97. The molecule has 3 rings (SSSR count). The number of aryl methyl sites for hydroxylation is 1. The van der Waals surface area contributed by atoms with Crippen molar-refractivity contribution in [2.75, 3.05) is 7.11 Å². The van der Waals surface area contributed by atoms with E-state index in [9.17, 15) is 9.59 Å². The summed E-state index contributed by atoms with van der Waals surface area (Å²) in [6, 6.07) is 15.4. The minimum absolute atomic E-state index is 0.0251. The van der Waals surface area contributed by atoms with E-state index >= 15 is 0 Å². The molecule has 0 fully saturated rings. The maximum Gasteiger partial charge on any atom is 0.253 e. The van der Waals surface area contributed by atoms with Gasteiger partial charge in [0, 0.05) is 24.1 Å². The Morgan fingerprint density at radius 3 is 2.57 bits per heavy atom. The van der Waals surface area contributed by atoms with Crippen molar-refractivity contribution in [3.63, 3.8) is 0 Å². The lowest BCUT2D eigenvalue weighted by Crippen LogP contribution is -2.32. The molecule has 28 heavy (non-hydrogen) atoms. The van der Waals surface area contributed by atoms with E-state index in [1.54, 1.807) is 12.0 Å². The number of amides is 1. The van der Waals surface area contributed by atoms with Gasteiger partial charge in [0.15, 0.2) is 0 Å². The highest BCUT2D eigenvalue weighted by molar-refractivity contribution is 5.82. The molecule has 3 aromatic rings. The molecular formula is C23H26N2O3. The first-order valence-corrected chi connectivity index (χ1v) is 9.54. The van der Waals surface area contributed by atoms with Gasteiger partial charge in [0.05, 0.1) is 19.2 Å². The van der Waals surface area contributed by atoms with Crippen molar-refractivity contribution < 1.29 is 9.53 Å². The topological polar surface area (TPSA) is 62.4 Å². The molecule has 0 aliphatic carbocycles. The predicted molar refractivity (Wildman–Crippen MR) is 111 cm³/mol. The van der Waals surface area contributed by atoms with Crippen molar-refractivity contribution in [2.45, 2.75) is 39.8 Å². The van der Waals surface area contributed by atoms with Crippen molar-refractivity contribution in [1.82, 2.24) is 9.88 Å². The number of fused-ring (bicyclic) bond motifs is 1. The average Bonchev–Trinajstić information content (AvgIpc) is 2.69. The maximum atomic E-state index is 12.8. The van der Waals surface area contributed by atoms with Gasteiger partial charge in [0.25, 0.3) is 5.56 Å². The normalized spacial score (nSPS) is 10.8. The summed E-state index contributed by atoms with van der Waals surface area (Å²) in [5, 5.41) is 0.967. The van der Waals surface area contributed by atoms with Gasteiger partial charge in [-0.2, -0.15) is 0 Å². The number of hydrogen-bond donors (Lipinski definition) is 1. The van der Waals surface area contributed by atoms with Crippen LogP contribution in [0, 0.1) is 6.92 Å². The van der Waals surface area contributed by atoms with Crippen LogP contribution in [-0.4, -0.2) is 22.9 Å². The van der Waals surface area contributed by atoms with Crippen LogP contribution >= 0.6 is 0 Å². The Hall–Kier alpha value is -3.08. The summed E-state index contributed by atoms with van der Waals surface area (Å²) in [6.07, 6.45) is 1.20. The SMILES string of the molecule is CCCC(=O)N(Cc1ccccc1OC)Cc1cc2cccc(C)c2[nH]c1=O. The molecule has 0 saturated heterocycles. The largest absolute Gasteiger partial charge is 0.496 e. The molecule has 1 N–H and O–H groups in total. The fraction of sp³-hybridized carbons (Fsp3) is 0.304. The van der Waals surface area contributed by atoms with Gasteiger partial charge in [0.1, 0.15) is 5.75 Å². The van der Waals surface area contributed by atoms with Crippen LogP contribution in [0.1, 0.15) is 36.5 Å². The van der Waals surface area contributed by atoms with Gasteiger partial charge in [-0.15, -0.1) is 0 Å². The van der Waals surface area contributed by atoms with Crippen molar-refractivity contribution in [1.29, 1.82) is 0 Å². The first-order chi connectivity index (χ1) is 13.5. The molecule has 0 atom stereocenters. The van der Waals surface area contributed by atoms with E-state index in [1.165, 1.54) is 0 Å². The van der Waals surface area contributed by atoms with Gasteiger partial charge >= 0.3 is 0 Å². The Labute approximate surface area is 165 Å². The first-order valence-electron chi connectivity index (χ1n) is 9.54. The van der Waals surface area contributed by atoms with E-state index in [0.717, 1.165) is 34.2 Å². The number of methoxy groups -OCH3 is 1. The number of carbonyl (C=O) groups is 1. The minimum Gasteiger partial charge on any atom is -0.496 e. The number of hydrogen-bond acceptors (Lipinski definition) is 3. The number of ether oxygens (including phenoxy) is 1. The third kappa shape index (κ3) is 4.25. The Kier molecular flexibility index (Phi) is 6.14. The van der Waals surface area contributed by atoms with E-state index in [4.69, 9.17) is 4.74 Å². The molecule has 0 aliphatic heterocycles. The molecule has 1 amide bonds. The standard InChI is InChI=1S/C23H26N2O3/c1-4-8-21(26)25(14-18-10-5-6-12-20(18)28-3)15-19-13-17-11-7-9-16(2)22(17)24-23(19)27/h5-7,9-13H,4,8,14-15H2,1-3H3,(H,24,27). The highest BCUT2D eigenvalue weighted by Crippen LogP contribution is 2.21. The van der Waals surface area contributed by atoms with Crippen LogP contribution in [0.25, 0.3) is 10.9 Å². The summed E-state index contributed by atoms with van der Waals surface area (Å²) in [4.78, 5) is 30.1. The third-order valence-corrected chi connectivity index (χ3v) is 4.90. The number of nitrogens with one attached hydrogen (secondary N) is 1. The van der Waals surface area contributed by atoms with Crippen molar-refractivity contribution in [3.05, 3.63) is 75.6 Å². The number of aromatic amines is 1. The molecule has 0 bridgehead atoms.